The highest BCUT2D eigenvalue weighted by Crippen LogP contribution is 2.32. The Balaban J connectivity index is 1.61. The fourth-order valence-corrected chi connectivity index (χ4v) is 5.50. The van der Waals surface area contributed by atoms with Gasteiger partial charge >= 0.3 is 6.18 Å². The van der Waals surface area contributed by atoms with Crippen molar-refractivity contribution in [3.05, 3.63) is 125 Å². The average Bonchev–Trinajstić information content (AvgIpc) is 2.96. The number of carbonyl (C=O) groups excluding carboxylic acids is 1. The Morgan fingerprint density at radius 2 is 1.41 bits per heavy atom. The van der Waals surface area contributed by atoms with E-state index in [1.54, 1.807) is 42.5 Å². The second-order valence-corrected chi connectivity index (χ2v) is 11.0. The van der Waals surface area contributed by atoms with Crippen molar-refractivity contribution < 1.29 is 26.4 Å². The van der Waals surface area contributed by atoms with Crippen LogP contribution in [0.3, 0.4) is 0 Å². The van der Waals surface area contributed by atoms with E-state index in [1.807, 2.05) is 30.3 Å². The van der Waals surface area contributed by atoms with Gasteiger partial charge in [-0.25, -0.2) is 8.42 Å². The predicted octanol–water partition coefficient (Wildman–Crippen LogP) is 6.08. The van der Waals surface area contributed by atoms with Crippen molar-refractivity contribution in [2.24, 2.45) is 4.99 Å². The molecule has 0 saturated carbocycles. The number of sulfonamides is 1. The number of hydrogen-bond acceptors (Lipinski definition) is 4. The number of amides is 1. The molecule has 212 valence electrons. The number of nitrogens with one attached hydrogen (secondary N) is 1. The molecule has 6 nitrogen and oxygen atoms in total. The van der Waals surface area contributed by atoms with Crippen molar-refractivity contribution in [1.29, 1.82) is 0 Å². The number of hydrogen-bond donors (Lipinski definition) is 1. The van der Waals surface area contributed by atoms with E-state index in [2.05, 4.69) is 9.71 Å². The SMILES string of the molecule is CN=CNS(=O)(=O)c1ccccc1-c1ccc(CN(Cc2ccccc2)C(=O)Cc2ccccc2C(F)(F)F)cc1. The zero-order valence-corrected chi connectivity index (χ0v) is 23.0. The van der Waals surface area contributed by atoms with Crippen LogP contribution in [0.15, 0.2) is 113 Å². The molecular weight excluding hydrogens is 551 g/mol. The highest BCUT2D eigenvalue weighted by molar-refractivity contribution is 7.90. The van der Waals surface area contributed by atoms with Crippen LogP contribution in [0.5, 0.6) is 0 Å². The number of rotatable bonds is 10. The topological polar surface area (TPSA) is 78.8 Å². The summed E-state index contributed by atoms with van der Waals surface area (Å²) in [5.41, 5.74) is 1.78. The van der Waals surface area contributed by atoms with Gasteiger partial charge in [-0.3, -0.25) is 14.5 Å². The highest BCUT2D eigenvalue weighted by atomic mass is 32.2. The molecule has 1 amide bonds. The van der Waals surface area contributed by atoms with Crippen LogP contribution in [-0.4, -0.2) is 32.6 Å². The molecule has 0 aromatic heterocycles. The van der Waals surface area contributed by atoms with Gasteiger partial charge in [0.05, 0.1) is 23.2 Å². The van der Waals surface area contributed by atoms with Gasteiger partial charge in [-0.2, -0.15) is 13.2 Å². The van der Waals surface area contributed by atoms with Crippen molar-refractivity contribution in [1.82, 2.24) is 9.62 Å². The number of nitrogens with zero attached hydrogens (tertiary/aromatic N) is 2. The van der Waals surface area contributed by atoms with Gasteiger partial charge < -0.3 is 4.90 Å². The monoisotopic (exact) mass is 579 g/mol. The summed E-state index contributed by atoms with van der Waals surface area (Å²) >= 11 is 0. The van der Waals surface area contributed by atoms with Crippen LogP contribution in [0.4, 0.5) is 13.2 Å². The minimum Gasteiger partial charge on any atom is -0.334 e. The number of halogens is 3. The first kappa shape index (κ1) is 29.5. The number of carbonyl (C=O) groups is 1. The van der Waals surface area contributed by atoms with Gasteiger partial charge in [-0.1, -0.05) is 91.0 Å². The predicted molar refractivity (Wildman–Crippen MR) is 152 cm³/mol. The molecule has 10 heteroatoms. The Bertz CT molecular complexity index is 1620. The molecule has 0 fully saturated rings. The van der Waals surface area contributed by atoms with Gasteiger partial charge in [0.25, 0.3) is 10.0 Å². The normalized spacial score (nSPS) is 11.9. The summed E-state index contributed by atoms with van der Waals surface area (Å²) in [4.78, 5) is 18.7. The Morgan fingerprint density at radius 1 is 0.829 bits per heavy atom. The molecule has 0 aliphatic carbocycles. The van der Waals surface area contributed by atoms with Crippen LogP contribution in [0.1, 0.15) is 22.3 Å². The van der Waals surface area contributed by atoms with Crippen LogP contribution in [0, 0.1) is 0 Å². The zero-order chi connectivity index (χ0) is 29.5. The van der Waals surface area contributed by atoms with Gasteiger partial charge in [-0.05, 0) is 34.4 Å². The first-order valence-electron chi connectivity index (χ1n) is 12.7. The van der Waals surface area contributed by atoms with Gasteiger partial charge in [0, 0.05) is 25.7 Å². The van der Waals surface area contributed by atoms with Crippen molar-refractivity contribution in [3.8, 4) is 11.1 Å². The fraction of sp³-hybridized carbons (Fsp3) is 0.161. The molecule has 0 radical (unpaired) electrons. The van der Waals surface area contributed by atoms with E-state index in [-0.39, 0.29) is 23.5 Å². The standard InChI is InChI=1S/C31H28F3N3O3S/c1-35-22-36-41(39,40)29-14-8-6-12-27(29)25-17-15-24(16-18-25)21-37(20-23-9-3-2-4-10-23)30(38)19-26-11-5-7-13-28(26)31(32,33)34/h2-18,22H,19-21H2,1H3,(H,35,36). The lowest BCUT2D eigenvalue weighted by atomic mass is 10.0. The number of aliphatic imine (C=N–C) groups is 1. The third-order valence-electron chi connectivity index (χ3n) is 6.39. The number of alkyl halides is 3. The van der Waals surface area contributed by atoms with Crippen LogP contribution in [0.2, 0.25) is 0 Å². The van der Waals surface area contributed by atoms with Gasteiger partial charge in [0.15, 0.2) is 0 Å². The lowest BCUT2D eigenvalue weighted by Crippen LogP contribution is -2.32. The van der Waals surface area contributed by atoms with E-state index >= 15 is 0 Å². The average molecular weight is 580 g/mol. The second-order valence-electron chi connectivity index (χ2n) is 9.27. The van der Waals surface area contributed by atoms with Crippen LogP contribution < -0.4 is 4.72 Å². The third kappa shape index (κ3) is 7.61. The Morgan fingerprint density at radius 3 is 2.07 bits per heavy atom. The largest absolute Gasteiger partial charge is 0.416 e. The summed E-state index contributed by atoms with van der Waals surface area (Å²) < 4.78 is 68.5. The second kappa shape index (κ2) is 12.8. The molecule has 0 unspecified atom stereocenters. The van der Waals surface area contributed by atoms with E-state index < -0.39 is 34.1 Å². The molecule has 0 aliphatic rings. The molecule has 0 heterocycles. The first-order valence-corrected chi connectivity index (χ1v) is 14.1. The summed E-state index contributed by atoms with van der Waals surface area (Å²) in [6.45, 7) is 0.359. The zero-order valence-electron chi connectivity index (χ0n) is 22.2. The molecule has 1 N–H and O–H groups in total. The molecule has 0 bridgehead atoms. The summed E-state index contributed by atoms with van der Waals surface area (Å²) in [6.07, 6.45) is -3.87. The molecular formula is C31H28F3N3O3S. The molecule has 4 aromatic rings. The fourth-order valence-electron chi connectivity index (χ4n) is 4.40. The van der Waals surface area contributed by atoms with Crippen LogP contribution in [0.25, 0.3) is 11.1 Å². The Kier molecular flexibility index (Phi) is 9.24. The summed E-state index contributed by atoms with van der Waals surface area (Å²) in [6, 6.07) is 27.9. The van der Waals surface area contributed by atoms with Crippen molar-refractivity contribution in [2.45, 2.75) is 30.6 Å². The maximum absolute atomic E-state index is 13.6. The summed E-state index contributed by atoms with van der Waals surface area (Å²) in [7, 11) is -2.40. The first-order chi connectivity index (χ1) is 19.6. The van der Waals surface area contributed by atoms with E-state index in [0.29, 0.717) is 11.1 Å². The van der Waals surface area contributed by atoms with Gasteiger partial charge in [0.1, 0.15) is 0 Å². The lowest BCUT2D eigenvalue weighted by Gasteiger charge is -2.24. The maximum Gasteiger partial charge on any atom is 0.416 e. The molecule has 0 spiro atoms. The molecule has 41 heavy (non-hydrogen) atoms. The van der Waals surface area contributed by atoms with Crippen LogP contribution in [-0.2, 0) is 40.5 Å². The van der Waals surface area contributed by atoms with E-state index in [4.69, 9.17) is 0 Å². The quantitative estimate of drug-likeness (QED) is 0.183. The third-order valence-corrected chi connectivity index (χ3v) is 7.74. The van der Waals surface area contributed by atoms with E-state index in [1.165, 1.54) is 36.2 Å². The minimum atomic E-state index is -4.57. The maximum atomic E-state index is 13.6. The van der Waals surface area contributed by atoms with Crippen molar-refractivity contribution >= 4 is 22.3 Å². The van der Waals surface area contributed by atoms with Crippen molar-refractivity contribution in [3.63, 3.8) is 0 Å². The van der Waals surface area contributed by atoms with Crippen LogP contribution >= 0.6 is 0 Å². The van der Waals surface area contributed by atoms with Gasteiger partial charge in [0.2, 0.25) is 5.91 Å². The van der Waals surface area contributed by atoms with Crippen molar-refractivity contribution in [2.75, 3.05) is 7.05 Å². The van der Waals surface area contributed by atoms with E-state index in [9.17, 15) is 26.4 Å². The number of benzene rings is 4. The summed E-state index contributed by atoms with van der Waals surface area (Å²) in [5, 5.41) is 0. The Hall–Kier alpha value is -4.44. The van der Waals surface area contributed by atoms with E-state index in [0.717, 1.165) is 23.5 Å². The smallest absolute Gasteiger partial charge is 0.334 e. The summed E-state index contributed by atoms with van der Waals surface area (Å²) in [5.74, 6) is -0.449. The molecule has 0 aliphatic heterocycles. The highest BCUT2D eigenvalue weighted by Gasteiger charge is 2.33. The molecule has 0 atom stereocenters. The molecule has 0 saturated heterocycles. The minimum absolute atomic E-state index is 0.0804. The lowest BCUT2D eigenvalue weighted by molar-refractivity contribution is -0.138. The van der Waals surface area contributed by atoms with Gasteiger partial charge in [-0.15, -0.1) is 0 Å². The Labute approximate surface area is 237 Å². The molecule has 4 rings (SSSR count). The molecule has 4 aromatic carbocycles.